The lowest BCUT2D eigenvalue weighted by molar-refractivity contribution is 0.0135. The van der Waals surface area contributed by atoms with Crippen LogP contribution in [0.25, 0.3) is 16.5 Å². The Kier molecular flexibility index (Phi) is 8.70. The van der Waals surface area contributed by atoms with Crippen LogP contribution < -0.4 is 16.5 Å². The normalized spacial score (nSPS) is 15.0. The van der Waals surface area contributed by atoms with E-state index in [0.717, 1.165) is 22.5 Å². The van der Waals surface area contributed by atoms with Crippen LogP contribution in [0.4, 0.5) is 5.69 Å². The van der Waals surface area contributed by atoms with E-state index in [-0.39, 0.29) is 17.5 Å². The van der Waals surface area contributed by atoms with Gasteiger partial charge in [0.05, 0.1) is 47.6 Å². The maximum absolute atomic E-state index is 13.3. The minimum atomic E-state index is -0.168. The fraction of sp³-hybridized carbons (Fsp3) is 0.370. The molecule has 0 aliphatic carbocycles. The van der Waals surface area contributed by atoms with E-state index in [4.69, 9.17) is 26.5 Å². The third kappa shape index (κ3) is 5.74. The highest BCUT2D eigenvalue weighted by Crippen LogP contribution is 2.31. The molecule has 0 amide bonds. The number of aryl methyl sites for hydroxylation is 2. The molecule has 8 heteroatoms. The van der Waals surface area contributed by atoms with E-state index >= 15 is 0 Å². The summed E-state index contributed by atoms with van der Waals surface area (Å²) in [5.41, 5.74) is 10.8. The zero-order chi connectivity index (χ0) is 25.7. The number of aromatic nitrogens is 1. The Morgan fingerprint density at radius 2 is 1.97 bits per heavy atom. The lowest BCUT2D eigenvalue weighted by atomic mass is 9.99. The van der Waals surface area contributed by atoms with Crippen molar-refractivity contribution in [3.05, 3.63) is 74.0 Å². The van der Waals surface area contributed by atoms with Crippen LogP contribution in [0.1, 0.15) is 55.0 Å². The van der Waals surface area contributed by atoms with Gasteiger partial charge in [-0.3, -0.25) is 9.79 Å². The van der Waals surface area contributed by atoms with Crippen molar-refractivity contribution in [3.63, 3.8) is 0 Å². The van der Waals surface area contributed by atoms with E-state index in [0.29, 0.717) is 46.2 Å². The first kappa shape index (κ1) is 26.4. The number of pyridine rings is 1. The van der Waals surface area contributed by atoms with E-state index in [9.17, 15) is 4.79 Å². The predicted molar refractivity (Wildman–Crippen MR) is 145 cm³/mol. The molecule has 1 fully saturated rings. The fourth-order valence-corrected chi connectivity index (χ4v) is 4.02. The molecular formula is C27H33ClN4O3. The molecule has 1 aromatic carbocycles. The first-order chi connectivity index (χ1) is 16.8. The van der Waals surface area contributed by atoms with Gasteiger partial charge in [-0.15, -0.1) is 0 Å². The van der Waals surface area contributed by atoms with Crippen molar-refractivity contribution < 1.29 is 9.15 Å². The average molecular weight is 497 g/mol. The molecule has 1 aliphatic heterocycles. The van der Waals surface area contributed by atoms with Crippen LogP contribution in [0.15, 0.2) is 44.7 Å². The van der Waals surface area contributed by atoms with Crippen molar-refractivity contribution in [2.75, 3.05) is 18.5 Å². The molecule has 1 atom stereocenters. The fourth-order valence-electron chi connectivity index (χ4n) is 3.83. The van der Waals surface area contributed by atoms with E-state index in [1.807, 2.05) is 52.8 Å². The summed E-state index contributed by atoms with van der Waals surface area (Å²) in [5, 5.41) is 4.44. The van der Waals surface area contributed by atoms with Crippen LogP contribution in [-0.2, 0) is 4.74 Å². The summed E-state index contributed by atoms with van der Waals surface area (Å²) in [6.45, 7) is 12.8. The quantitative estimate of drug-likeness (QED) is 0.333. The average Bonchev–Trinajstić information content (AvgIpc) is 2.81. The topological polar surface area (TPSA) is 103 Å². The minimum absolute atomic E-state index is 0.0903. The second-order valence-electron chi connectivity index (χ2n) is 8.34. The summed E-state index contributed by atoms with van der Waals surface area (Å²) in [7, 11) is 0. The number of anilines is 1. The van der Waals surface area contributed by atoms with Gasteiger partial charge in [-0.25, -0.2) is 4.98 Å². The Hall–Kier alpha value is -3.16. The molecule has 2 aromatic heterocycles. The maximum atomic E-state index is 13.3. The Bertz CT molecular complexity index is 1330. The lowest BCUT2D eigenvalue weighted by Gasteiger charge is -2.22. The highest BCUT2D eigenvalue weighted by molar-refractivity contribution is 6.29. The Morgan fingerprint density at radius 3 is 2.57 bits per heavy atom. The van der Waals surface area contributed by atoms with Gasteiger partial charge in [0.1, 0.15) is 16.5 Å². The number of rotatable bonds is 6. The standard InChI is InChI=1S/C25H27ClN4O3.C2H6/c1-13-7-19(15(3)29-21-5-6-22(26)30-16(21)4)25-20(8-13)23(31)14(2)24(33-25)17(9-27)10-28-18-11-32-12-18;1-2/h5-10,15,18,29H,11-12,27H2,1-4H3;1-2H3/b17-9+,28-10?;. The van der Waals surface area contributed by atoms with Crippen LogP contribution in [0.3, 0.4) is 0 Å². The van der Waals surface area contributed by atoms with Crippen LogP contribution in [0.2, 0.25) is 5.15 Å². The molecular weight excluding hydrogens is 464 g/mol. The van der Waals surface area contributed by atoms with Gasteiger partial charge in [0.2, 0.25) is 0 Å². The van der Waals surface area contributed by atoms with Crippen LogP contribution in [0.5, 0.6) is 0 Å². The summed E-state index contributed by atoms with van der Waals surface area (Å²) in [4.78, 5) is 22.1. The number of fused-ring (bicyclic) bond motifs is 1. The summed E-state index contributed by atoms with van der Waals surface area (Å²) in [6.07, 6.45) is 3.07. The van der Waals surface area contributed by atoms with Gasteiger partial charge < -0.3 is 20.2 Å². The number of halogens is 1. The molecule has 3 N–H and O–H groups in total. The molecule has 1 aliphatic rings. The zero-order valence-corrected chi connectivity index (χ0v) is 21.9. The Morgan fingerprint density at radius 1 is 1.26 bits per heavy atom. The van der Waals surface area contributed by atoms with E-state index < -0.39 is 0 Å². The highest BCUT2D eigenvalue weighted by Gasteiger charge is 2.21. The van der Waals surface area contributed by atoms with Crippen LogP contribution >= 0.6 is 11.6 Å². The van der Waals surface area contributed by atoms with Gasteiger partial charge in [0.25, 0.3) is 0 Å². The molecule has 4 rings (SSSR count). The molecule has 3 heterocycles. The number of hydrogen-bond acceptors (Lipinski definition) is 7. The molecule has 0 radical (unpaired) electrons. The van der Waals surface area contributed by atoms with Crippen molar-refractivity contribution >= 4 is 40.0 Å². The van der Waals surface area contributed by atoms with Gasteiger partial charge in [-0.1, -0.05) is 31.5 Å². The molecule has 35 heavy (non-hydrogen) atoms. The third-order valence-corrected chi connectivity index (χ3v) is 5.98. The molecule has 1 unspecified atom stereocenters. The van der Waals surface area contributed by atoms with Gasteiger partial charge in [0.15, 0.2) is 5.43 Å². The molecule has 3 aromatic rings. The SMILES string of the molecule is CC.Cc1cc(C(C)Nc2ccc(Cl)nc2C)c2oc(/C(C=NC3COC3)=C/N)c(C)c(=O)c2c1. The number of nitrogens with zero attached hydrogens (tertiary/aromatic N) is 2. The summed E-state index contributed by atoms with van der Waals surface area (Å²) < 4.78 is 11.5. The summed E-state index contributed by atoms with van der Waals surface area (Å²) in [6, 6.07) is 7.44. The van der Waals surface area contributed by atoms with E-state index in [2.05, 4.69) is 15.3 Å². The highest BCUT2D eigenvalue weighted by atomic mass is 35.5. The van der Waals surface area contributed by atoms with Crippen molar-refractivity contribution in [1.82, 2.24) is 4.98 Å². The molecule has 7 nitrogen and oxygen atoms in total. The molecule has 0 saturated carbocycles. The van der Waals surface area contributed by atoms with Crippen LogP contribution in [0, 0.1) is 20.8 Å². The predicted octanol–water partition coefficient (Wildman–Crippen LogP) is 5.74. The summed E-state index contributed by atoms with van der Waals surface area (Å²) in [5.74, 6) is 0.417. The Labute approximate surface area is 211 Å². The van der Waals surface area contributed by atoms with Crippen LogP contribution in [-0.4, -0.2) is 30.5 Å². The second kappa shape index (κ2) is 11.5. The molecule has 1 saturated heterocycles. The largest absolute Gasteiger partial charge is 0.455 e. The van der Waals surface area contributed by atoms with Crippen molar-refractivity contribution in [3.8, 4) is 0 Å². The Balaban J connectivity index is 0.00000167. The van der Waals surface area contributed by atoms with E-state index in [1.165, 1.54) is 6.20 Å². The molecule has 0 bridgehead atoms. The number of nitrogens with one attached hydrogen (secondary N) is 1. The third-order valence-electron chi connectivity index (χ3n) is 5.77. The van der Waals surface area contributed by atoms with Gasteiger partial charge >= 0.3 is 0 Å². The van der Waals surface area contributed by atoms with Gasteiger partial charge in [0, 0.05) is 23.5 Å². The summed E-state index contributed by atoms with van der Waals surface area (Å²) >= 11 is 6.00. The number of hydrogen-bond donors (Lipinski definition) is 2. The number of ether oxygens (including phenoxy) is 1. The van der Waals surface area contributed by atoms with Gasteiger partial charge in [-0.05, 0) is 51.5 Å². The molecule has 0 spiro atoms. The lowest BCUT2D eigenvalue weighted by Crippen LogP contribution is -2.31. The zero-order valence-electron chi connectivity index (χ0n) is 21.1. The molecule has 186 valence electrons. The van der Waals surface area contributed by atoms with Gasteiger partial charge in [-0.2, -0.15) is 0 Å². The second-order valence-corrected chi connectivity index (χ2v) is 8.73. The first-order valence-corrected chi connectivity index (χ1v) is 12.2. The van der Waals surface area contributed by atoms with E-state index in [1.54, 1.807) is 19.2 Å². The van der Waals surface area contributed by atoms with Crippen molar-refractivity contribution in [1.29, 1.82) is 0 Å². The number of benzene rings is 1. The number of allylic oxidation sites excluding steroid dienone is 1. The van der Waals surface area contributed by atoms with Crippen molar-refractivity contribution in [2.24, 2.45) is 10.7 Å². The smallest absolute Gasteiger partial charge is 0.196 e. The monoisotopic (exact) mass is 496 g/mol. The minimum Gasteiger partial charge on any atom is -0.455 e. The maximum Gasteiger partial charge on any atom is 0.196 e. The first-order valence-electron chi connectivity index (χ1n) is 11.8. The van der Waals surface area contributed by atoms with Crippen molar-refractivity contribution in [2.45, 2.75) is 53.6 Å². The number of aliphatic imine (C=N–C) groups is 1. The number of nitrogens with two attached hydrogens (primary N) is 1.